The summed E-state index contributed by atoms with van der Waals surface area (Å²) >= 11 is 5.99. The normalized spacial score (nSPS) is 10.4. The predicted octanol–water partition coefficient (Wildman–Crippen LogP) is 2.49. The van der Waals surface area contributed by atoms with Gasteiger partial charge < -0.3 is 10.6 Å². The lowest BCUT2D eigenvalue weighted by molar-refractivity contribution is 0.625. The second kappa shape index (κ2) is 5.18. The molecule has 18 heavy (non-hydrogen) atoms. The van der Waals surface area contributed by atoms with Crippen LogP contribution in [-0.2, 0) is 6.54 Å². The molecule has 0 aliphatic heterocycles. The lowest BCUT2D eigenvalue weighted by atomic mass is 10.2. The summed E-state index contributed by atoms with van der Waals surface area (Å²) in [5.41, 5.74) is 6.34. The molecule has 4 nitrogen and oxygen atoms in total. The Kier molecular flexibility index (Phi) is 3.62. The summed E-state index contributed by atoms with van der Waals surface area (Å²) < 4.78 is 13.1. The van der Waals surface area contributed by atoms with Gasteiger partial charge in [-0.25, -0.2) is 9.37 Å². The summed E-state index contributed by atoms with van der Waals surface area (Å²) in [5.74, 6) is 0.406. The SMILES string of the molecule is CN(Cc1cccc(F)c1)c1nc(N)ncc1Cl. The third kappa shape index (κ3) is 2.87. The molecule has 6 heteroatoms. The van der Waals surface area contributed by atoms with Crippen LogP contribution in [0.25, 0.3) is 0 Å². The molecule has 94 valence electrons. The van der Waals surface area contributed by atoms with Crippen molar-refractivity contribution in [2.45, 2.75) is 6.54 Å². The zero-order valence-corrected chi connectivity index (χ0v) is 10.5. The summed E-state index contributed by atoms with van der Waals surface area (Å²) in [4.78, 5) is 9.64. The average molecular weight is 267 g/mol. The Morgan fingerprint density at radius 1 is 1.44 bits per heavy atom. The van der Waals surface area contributed by atoms with Crippen LogP contribution in [0.1, 0.15) is 5.56 Å². The first kappa shape index (κ1) is 12.6. The molecular formula is C12H12ClFN4. The maximum Gasteiger partial charge on any atom is 0.222 e. The number of halogens is 2. The van der Waals surface area contributed by atoms with Crippen molar-refractivity contribution in [2.24, 2.45) is 0 Å². The fourth-order valence-corrected chi connectivity index (χ4v) is 1.86. The number of hydrogen-bond acceptors (Lipinski definition) is 4. The Bertz CT molecular complexity index is 562. The van der Waals surface area contributed by atoms with Gasteiger partial charge in [-0.2, -0.15) is 4.98 Å². The maximum absolute atomic E-state index is 13.1. The van der Waals surface area contributed by atoms with Crippen LogP contribution in [0.3, 0.4) is 0 Å². The Labute approximate surface area is 109 Å². The number of nitrogens with two attached hydrogens (primary N) is 1. The van der Waals surface area contributed by atoms with E-state index in [-0.39, 0.29) is 11.8 Å². The zero-order valence-electron chi connectivity index (χ0n) is 9.77. The van der Waals surface area contributed by atoms with Crippen LogP contribution in [0.4, 0.5) is 16.2 Å². The highest BCUT2D eigenvalue weighted by molar-refractivity contribution is 6.32. The first-order valence-electron chi connectivity index (χ1n) is 5.30. The largest absolute Gasteiger partial charge is 0.368 e. The van der Waals surface area contributed by atoms with Gasteiger partial charge in [0.25, 0.3) is 0 Å². The van der Waals surface area contributed by atoms with E-state index < -0.39 is 0 Å². The van der Waals surface area contributed by atoms with Crippen molar-refractivity contribution in [3.05, 3.63) is 46.9 Å². The monoisotopic (exact) mass is 266 g/mol. The van der Waals surface area contributed by atoms with E-state index in [0.29, 0.717) is 17.4 Å². The van der Waals surface area contributed by atoms with Gasteiger partial charge in [0.1, 0.15) is 10.8 Å². The van der Waals surface area contributed by atoms with E-state index in [9.17, 15) is 4.39 Å². The highest BCUT2D eigenvalue weighted by Gasteiger charge is 2.10. The van der Waals surface area contributed by atoms with Crippen LogP contribution in [0.15, 0.2) is 30.5 Å². The minimum absolute atomic E-state index is 0.153. The van der Waals surface area contributed by atoms with Crippen molar-refractivity contribution in [3.8, 4) is 0 Å². The van der Waals surface area contributed by atoms with E-state index in [4.69, 9.17) is 17.3 Å². The second-order valence-electron chi connectivity index (χ2n) is 3.89. The molecule has 1 aromatic heterocycles. The standard InChI is InChI=1S/C12H12ClFN4/c1-18(7-8-3-2-4-9(14)5-8)11-10(13)6-16-12(15)17-11/h2-6H,7H2,1H3,(H2,15,16,17). The Morgan fingerprint density at radius 3 is 2.94 bits per heavy atom. The molecule has 0 amide bonds. The van der Waals surface area contributed by atoms with Crippen LogP contribution >= 0.6 is 11.6 Å². The van der Waals surface area contributed by atoms with Crippen molar-refractivity contribution in [3.63, 3.8) is 0 Å². The van der Waals surface area contributed by atoms with Crippen LogP contribution < -0.4 is 10.6 Å². The smallest absolute Gasteiger partial charge is 0.222 e. The van der Waals surface area contributed by atoms with Crippen molar-refractivity contribution in [1.29, 1.82) is 0 Å². The molecule has 1 heterocycles. The summed E-state index contributed by atoms with van der Waals surface area (Å²) in [7, 11) is 1.80. The van der Waals surface area contributed by atoms with Gasteiger partial charge in [0.15, 0.2) is 5.82 Å². The number of benzene rings is 1. The molecule has 0 atom stereocenters. The average Bonchev–Trinajstić information content (AvgIpc) is 2.32. The second-order valence-corrected chi connectivity index (χ2v) is 4.29. The molecule has 2 rings (SSSR count). The third-order valence-corrected chi connectivity index (χ3v) is 2.68. The van der Waals surface area contributed by atoms with Crippen LogP contribution in [-0.4, -0.2) is 17.0 Å². The molecule has 2 N–H and O–H groups in total. The third-order valence-electron chi connectivity index (χ3n) is 2.41. The molecule has 0 bridgehead atoms. The number of anilines is 2. The van der Waals surface area contributed by atoms with E-state index in [0.717, 1.165) is 5.56 Å². The van der Waals surface area contributed by atoms with Crippen molar-refractivity contribution < 1.29 is 4.39 Å². The fourth-order valence-electron chi connectivity index (χ4n) is 1.62. The number of hydrogen-bond donors (Lipinski definition) is 1. The highest BCUT2D eigenvalue weighted by atomic mass is 35.5. The lowest BCUT2D eigenvalue weighted by Gasteiger charge is -2.19. The van der Waals surface area contributed by atoms with Crippen LogP contribution in [0.2, 0.25) is 5.02 Å². The Hall–Kier alpha value is -1.88. The molecule has 0 fully saturated rings. The molecule has 0 aliphatic rings. The fraction of sp³-hybridized carbons (Fsp3) is 0.167. The van der Waals surface area contributed by atoms with Gasteiger partial charge in [0.05, 0.1) is 6.20 Å². The molecule has 0 radical (unpaired) electrons. The van der Waals surface area contributed by atoms with E-state index in [2.05, 4.69) is 9.97 Å². The molecule has 1 aromatic carbocycles. The molecule has 0 unspecified atom stereocenters. The first-order valence-corrected chi connectivity index (χ1v) is 5.67. The number of nitrogens with zero attached hydrogens (tertiary/aromatic N) is 3. The lowest BCUT2D eigenvalue weighted by Crippen LogP contribution is -2.19. The zero-order chi connectivity index (χ0) is 13.1. The predicted molar refractivity (Wildman–Crippen MR) is 70.0 cm³/mol. The summed E-state index contributed by atoms with van der Waals surface area (Å²) in [6.07, 6.45) is 1.45. The van der Waals surface area contributed by atoms with Crippen LogP contribution in [0.5, 0.6) is 0 Å². The van der Waals surface area contributed by atoms with E-state index in [1.54, 1.807) is 18.0 Å². The minimum Gasteiger partial charge on any atom is -0.368 e. The quantitative estimate of drug-likeness (QED) is 0.927. The van der Waals surface area contributed by atoms with Gasteiger partial charge in [-0.05, 0) is 17.7 Å². The van der Waals surface area contributed by atoms with Gasteiger partial charge in [0, 0.05) is 13.6 Å². The highest BCUT2D eigenvalue weighted by Crippen LogP contribution is 2.23. The molecule has 2 aromatic rings. The summed E-state index contributed by atoms with van der Waals surface area (Å²) in [5, 5.41) is 0.406. The van der Waals surface area contributed by atoms with E-state index in [1.165, 1.54) is 18.3 Å². The topological polar surface area (TPSA) is 55.0 Å². The van der Waals surface area contributed by atoms with E-state index >= 15 is 0 Å². The molecule has 0 spiro atoms. The molecule has 0 aliphatic carbocycles. The number of aromatic nitrogens is 2. The van der Waals surface area contributed by atoms with Crippen LogP contribution in [0, 0.1) is 5.82 Å². The van der Waals surface area contributed by atoms with Crippen molar-refractivity contribution in [2.75, 3.05) is 17.7 Å². The van der Waals surface area contributed by atoms with Gasteiger partial charge in [-0.3, -0.25) is 0 Å². The molecule has 0 saturated heterocycles. The summed E-state index contributed by atoms with van der Waals surface area (Å²) in [6.45, 7) is 0.480. The number of nitrogen functional groups attached to an aromatic ring is 1. The van der Waals surface area contributed by atoms with Crippen molar-refractivity contribution in [1.82, 2.24) is 9.97 Å². The maximum atomic E-state index is 13.1. The van der Waals surface area contributed by atoms with Crippen molar-refractivity contribution >= 4 is 23.4 Å². The Morgan fingerprint density at radius 2 is 2.22 bits per heavy atom. The molecular weight excluding hydrogens is 255 g/mol. The minimum atomic E-state index is -0.269. The number of rotatable bonds is 3. The van der Waals surface area contributed by atoms with E-state index in [1.807, 2.05) is 6.07 Å². The molecule has 0 saturated carbocycles. The Balaban J connectivity index is 2.21. The van der Waals surface area contributed by atoms with Gasteiger partial charge in [-0.1, -0.05) is 23.7 Å². The first-order chi connectivity index (χ1) is 8.56. The summed E-state index contributed by atoms with van der Waals surface area (Å²) in [6, 6.07) is 6.36. The van der Waals surface area contributed by atoms with Gasteiger partial charge >= 0.3 is 0 Å². The van der Waals surface area contributed by atoms with Gasteiger partial charge in [0.2, 0.25) is 5.95 Å². The van der Waals surface area contributed by atoms with Gasteiger partial charge in [-0.15, -0.1) is 0 Å².